The monoisotopic (exact) mass is 233 g/mol. The number of hydrogen-bond acceptors (Lipinski definition) is 2. The average Bonchev–Trinajstić information content (AvgIpc) is 2.33. The molecule has 1 unspecified atom stereocenters. The molecule has 0 N–H and O–H groups in total. The molecular weight excluding hydrogens is 222 g/mol. The van der Waals surface area contributed by atoms with Gasteiger partial charge in [-0.2, -0.15) is 0 Å². The van der Waals surface area contributed by atoms with Gasteiger partial charge < -0.3 is 4.74 Å². The second-order valence-corrected chi connectivity index (χ2v) is 3.85. The van der Waals surface area contributed by atoms with Crippen molar-refractivity contribution in [1.29, 1.82) is 0 Å². The van der Waals surface area contributed by atoms with Gasteiger partial charge in [-0.25, -0.2) is 0 Å². The van der Waals surface area contributed by atoms with E-state index in [4.69, 9.17) is 16.3 Å². The molecule has 1 atom stereocenters. The van der Waals surface area contributed by atoms with Gasteiger partial charge in [0, 0.05) is 6.20 Å². The lowest BCUT2D eigenvalue weighted by Crippen LogP contribution is -2.05. The number of aromatic nitrogens is 1. The van der Waals surface area contributed by atoms with E-state index in [9.17, 15) is 0 Å². The Labute approximate surface area is 99.9 Å². The summed E-state index contributed by atoms with van der Waals surface area (Å²) < 4.78 is 5.74. The van der Waals surface area contributed by atoms with E-state index < -0.39 is 0 Å². The lowest BCUT2D eigenvalue weighted by molar-refractivity contribution is 0.222. The van der Waals surface area contributed by atoms with E-state index in [2.05, 4.69) is 4.98 Å². The topological polar surface area (TPSA) is 22.1 Å². The molecule has 1 aromatic heterocycles. The molecule has 3 heteroatoms. The molecule has 0 saturated carbocycles. The Hall–Kier alpha value is -1.54. The third-order valence-corrected chi connectivity index (χ3v) is 2.56. The summed E-state index contributed by atoms with van der Waals surface area (Å²) in [5.74, 6) is 0.683. The summed E-state index contributed by atoms with van der Waals surface area (Å²) in [6.45, 7) is 1.95. The molecular formula is C13H12ClNO. The van der Waals surface area contributed by atoms with Gasteiger partial charge >= 0.3 is 0 Å². The fourth-order valence-electron chi connectivity index (χ4n) is 1.41. The third kappa shape index (κ3) is 2.52. The summed E-state index contributed by atoms with van der Waals surface area (Å²) in [7, 11) is 0. The first-order chi connectivity index (χ1) is 7.77. The second-order valence-electron chi connectivity index (χ2n) is 3.45. The van der Waals surface area contributed by atoms with E-state index in [1.54, 1.807) is 6.20 Å². The van der Waals surface area contributed by atoms with Crippen molar-refractivity contribution in [2.45, 2.75) is 13.0 Å². The smallest absolute Gasteiger partial charge is 0.138 e. The zero-order chi connectivity index (χ0) is 11.4. The van der Waals surface area contributed by atoms with Crippen LogP contribution in [0.2, 0.25) is 5.02 Å². The first-order valence-electron chi connectivity index (χ1n) is 5.09. The van der Waals surface area contributed by atoms with Gasteiger partial charge in [0.15, 0.2) is 0 Å². The second kappa shape index (κ2) is 4.99. The van der Waals surface area contributed by atoms with E-state index in [0.29, 0.717) is 10.8 Å². The van der Waals surface area contributed by atoms with Crippen LogP contribution in [-0.4, -0.2) is 4.98 Å². The Morgan fingerprint density at radius 2 is 1.88 bits per heavy atom. The summed E-state index contributed by atoms with van der Waals surface area (Å²) in [6, 6.07) is 13.2. The lowest BCUT2D eigenvalue weighted by atomic mass is 10.2. The van der Waals surface area contributed by atoms with Gasteiger partial charge in [0.1, 0.15) is 11.9 Å². The third-order valence-electron chi connectivity index (χ3n) is 2.24. The molecule has 0 aliphatic heterocycles. The fraction of sp³-hybridized carbons (Fsp3) is 0.154. The highest BCUT2D eigenvalue weighted by molar-refractivity contribution is 6.32. The molecule has 0 fully saturated rings. The Kier molecular flexibility index (Phi) is 3.42. The van der Waals surface area contributed by atoms with Crippen LogP contribution in [0, 0.1) is 0 Å². The standard InChI is InChI=1S/C13H12ClNO/c1-10(12-7-4-5-9-15-12)16-13-8-3-2-6-11(13)14/h2-10H,1H3. The van der Waals surface area contributed by atoms with Crippen LogP contribution in [0.1, 0.15) is 18.7 Å². The molecule has 0 saturated heterocycles. The van der Waals surface area contributed by atoms with E-state index in [1.807, 2.05) is 49.4 Å². The van der Waals surface area contributed by atoms with E-state index in [1.165, 1.54) is 0 Å². The lowest BCUT2D eigenvalue weighted by Gasteiger charge is -2.14. The van der Waals surface area contributed by atoms with Crippen LogP contribution in [0.4, 0.5) is 0 Å². The molecule has 0 amide bonds. The molecule has 0 bridgehead atoms. The van der Waals surface area contributed by atoms with Crippen molar-refractivity contribution in [3.05, 3.63) is 59.4 Å². The highest BCUT2D eigenvalue weighted by Gasteiger charge is 2.09. The van der Waals surface area contributed by atoms with Crippen LogP contribution in [-0.2, 0) is 0 Å². The average molecular weight is 234 g/mol. The maximum Gasteiger partial charge on any atom is 0.138 e. The predicted molar refractivity (Wildman–Crippen MR) is 64.7 cm³/mol. The van der Waals surface area contributed by atoms with Crippen molar-refractivity contribution in [2.75, 3.05) is 0 Å². The summed E-state index contributed by atoms with van der Waals surface area (Å²) in [5, 5.41) is 0.616. The van der Waals surface area contributed by atoms with Gasteiger partial charge in [0.2, 0.25) is 0 Å². The molecule has 2 rings (SSSR count). The highest BCUT2D eigenvalue weighted by atomic mass is 35.5. The number of benzene rings is 1. The number of pyridine rings is 1. The number of rotatable bonds is 3. The molecule has 0 aliphatic rings. The molecule has 2 nitrogen and oxygen atoms in total. The largest absolute Gasteiger partial charge is 0.483 e. The first-order valence-corrected chi connectivity index (χ1v) is 5.47. The van der Waals surface area contributed by atoms with Crippen molar-refractivity contribution in [3.8, 4) is 5.75 Å². The van der Waals surface area contributed by atoms with Crippen LogP contribution in [0.25, 0.3) is 0 Å². The van der Waals surface area contributed by atoms with Crippen LogP contribution in [0.3, 0.4) is 0 Å². The van der Waals surface area contributed by atoms with Gasteiger partial charge in [-0.15, -0.1) is 0 Å². The van der Waals surface area contributed by atoms with E-state index in [0.717, 1.165) is 5.69 Å². The molecule has 2 aromatic rings. The molecule has 16 heavy (non-hydrogen) atoms. The molecule has 0 radical (unpaired) electrons. The Balaban J connectivity index is 2.14. The summed E-state index contributed by atoms with van der Waals surface area (Å²) >= 11 is 6.01. The molecule has 1 heterocycles. The van der Waals surface area contributed by atoms with Gasteiger partial charge in [-0.1, -0.05) is 29.8 Å². The van der Waals surface area contributed by atoms with Crippen molar-refractivity contribution in [1.82, 2.24) is 4.98 Å². The van der Waals surface area contributed by atoms with Gasteiger partial charge in [-0.3, -0.25) is 4.98 Å². The summed E-state index contributed by atoms with van der Waals surface area (Å²) in [6.07, 6.45) is 1.64. The summed E-state index contributed by atoms with van der Waals surface area (Å²) in [4.78, 5) is 4.24. The maximum absolute atomic E-state index is 6.01. The number of halogens is 1. The zero-order valence-corrected chi connectivity index (χ0v) is 9.69. The summed E-state index contributed by atoms with van der Waals surface area (Å²) in [5.41, 5.74) is 0.891. The predicted octanol–water partition coefficient (Wildman–Crippen LogP) is 3.88. The fourth-order valence-corrected chi connectivity index (χ4v) is 1.59. The highest BCUT2D eigenvalue weighted by Crippen LogP contribution is 2.27. The SMILES string of the molecule is CC(Oc1ccccc1Cl)c1ccccn1. The minimum Gasteiger partial charge on any atom is -0.483 e. The zero-order valence-electron chi connectivity index (χ0n) is 8.93. The molecule has 0 spiro atoms. The quantitative estimate of drug-likeness (QED) is 0.803. The number of ether oxygens (including phenoxy) is 1. The molecule has 1 aromatic carbocycles. The van der Waals surface area contributed by atoms with Crippen LogP contribution in [0.5, 0.6) is 5.75 Å². The van der Waals surface area contributed by atoms with Gasteiger partial charge in [0.25, 0.3) is 0 Å². The van der Waals surface area contributed by atoms with Gasteiger partial charge in [0.05, 0.1) is 10.7 Å². The normalized spacial score (nSPS) is 12.1. The molecule has 0 aliphatic carbocycles. The van der Waals surface area contributed by atoms with Crippen molar-refractivity contribution in [3.63, 3.8) is 0 Å². The molecule has 82 valence electrons. The maximum atomic E-state index is 6.01. The number of para-hydroxylation sites is 1. The van der Waals surface area contributed by atoms with Crippen LogP contribution < -0.4 is 4.74 Å². The Morgan fingerprint density at radius 1 is 1.12 bits per heavy atom. The number of nitrogens with zero attached hydrogens (tertiary/aromatic N) is 1. The van der Waals surface area contributed by atoms with Crippen molar-refractivity contribution >= 4 is 11.6 Å². The Bertz CT molecular complexity index is 458. The van der Waals surface area contributed by atoms with Crippen LogP contribution in [0.15, 0.2) is 48.7 Å². The number of hydrogen-bond donors (Lipinski definition) is 0. The van der Waals surface area contributed by atoms with E-state index >= 15 is 0 Å². The van der Waals surface area contributed by atoms with Crippen molar-refractivity contribution in [2.24, 2.45) is 0 Å². The first kappa shape index (κ1) is 11.0. The van der Waals surface area contributed by atoms with Crippen molar-refractivity contribution < 1.29 is 4.74 Å². The van der Waals surface area contributed by atoms with Crippen LogP contribution >= 0.6 is 11.6 Å². The minimum absolute atomic E-state index is 0.110. The van der Waals surface area contributed by atoms with Gasteiger partial charge in [-0.05, 0) is 31.2 Å². The minimum atomic E-state index is -0.110. The Morgan fingerprint density at radius 3 is 2.56 bits per heavy atom. The van der Waals surface area contributed by atoms with E-state index in [-0.39, 0.29) is 6.10 Å².